The number of fused-ring (bicyclic) bond motifs is 1. The Hall–Kier alpha value is -0.120. The lowest BCUT2D eigenvalue weighted by molar-refractivity contribution is 0.152. The van der Waals surface area contributed by atoms with E-state index in [4.69, 9.17) is 0 Å². The molecular formula is C17H35N3. The second-order valence-electron chi connectivity index (χ2n) is 8.69. The van der Waals surface area contributed by atoms with Crippen LogP contribution in [-0.2, 0) is 0 Å². The number of hydrogen-bond donors (Lipinski definition) is 1. The lowest BCUT2D eigenvalue weighted by Crippen LogP contribution is -2.47. The predicted molar refractivity (Wildman–Crippen MR) is 87.2 cm³/mol. The SMILES string of the molecule is CC(C)(CNC(C)(C)C)CN1CCCN2CCCC2C1. The molecule has 2 heterocycles. The summed E-state index contributed by atoms with van der Waals surface area (Å²) in [7, 11) is 0. The average Bonchev–Trinajstić information content (AvgIpc) is 2.65. The van der Waals surface area contributed by atoms with Crippen molar-refractivity contribution in [2.75, 3.05) is 39.3 Å². The number of rotatable bonds is 4. The van der Waals surface area contributed by atoms with Gasteiger partial charge in [-0.1, -0.05) is 13.8 Å². The molecule has 0 radical (unpaired) electrons. The van der Waals surface area contributed by atoms with Gasteiger partial charge in [0.05, 0.1) is 0 Å². The van der Waals surface area contributed by atoms with Crippen LogP contribution in [0.4, 0.5) is 0 Å². The molecule has 2 saturated heterocycles. The Balaban J connectivity index is 1.84. The van der Waals surface area contributed by atoms with Crippen LogP contribution < -0.4 is 5.32 Å². The van der Waals surface area contributed by atoms with E-state index < -0.39 is 0 Å². The van der Waals surface area contributed by atoms with Gasteiger partial charge in [-0.25, -0.2) is 0 Å². The summed E-state index contributed by atoms with van der Waals surface area (Å²) in [4.78, 5) is 5.45. The maximum Gasteiger partial charge on any atom is 0.0223 e. The summed E-state index contributed by atoms with van der Waals surface area (Å²) >= 11 is 0. The molecule has 3 nitrogen and oxygen atoms in total. The summed E-state index contributed by atoms with van der Waals surface area (Å²) in [6.45, 7) is 19.1. The van der Waals surface area contributed by atoms with Gasteiger partial charge in [0.1, 0.15) is 0 Å². The van der Waals surface area contributed by atoms with Crippen LogP contribution in [0.5, 0.6) is 0 Å². The highest BCUT2D eigenvalue weighted by atomic mass is 15.3. The van der Waals surface area contributed by atoms with Gasteiger partial charge in [-0.15, -0.1) is 0 Å². The van der Waals surface area contributed by atoms with Crippen molar-refractivity contribution >= 4 is 0 Å². The minimum atomic E-state index is 0.221. The van der Waals surface area contributed by atoms with Crippen molar-refractivity contribution in [2.45, 2.75) is 65.5 Å². The van der Waals surface area contributed by atoms with E-state index in [1.807, 2.05) is 0 Å². The molecule has 3 heteroatoms. The lowest BCUT2D eigenvalue weighted by Gasteiger charge is -2.36. The van der Waals surface area contributed by atoms with Gasteiger partial charge in [0.2, 0.25) is 0 Å². The Morgan fingerprint density at radius 3 is 2.40 bits per heavy atom. The van der Waals surface area contributed by atoms with Crippen molar-refractivity contribution < 1.29 is 0 Å². The van der Waals surface area contributed by atoms with Gasteiger partial charge in [-0.2, -0.15) is 0 Å². The Morgan fingerprint density at radius 1 is 1.00 bits per heavy atom. The molecule has 2 fully saturated rings. The highest BCUT2D eigenvalue weighted by Gasteiger charge is 2.31. The number of nitrogens with zero attached hydrogens (tertiary/aromatic N) is 2. The molecule has 118 valence electrons. The summed E-state index contributed by atoms with van der Waals surface area (Å²) < 4.78 is 0. The van der Waals surface area contributed by atoms with E-state index in [1.165, 1.54) is 52.0 Å². The molecular weight excluding hydrogens is 246 g/mol. The molecule has 1 unspecified atom stereocenters. The van der Waals surface area contributed by atoms with Gasteiger partial charge in [0, 0.05) is 31.2 Å². The molecule has 0 saturated carbocycles. The monoisotopic (exact) mass is 281 g/mol. The Kier molecular flexibility index (Phi) is 5.14. The van der Waals surface area contributed by atoms with Crippen LogP contribution in [0.1, 0.15) is 53.9 Å². The smallest absolute Gasteiger partial charge is 0.0223 e. The average molecular weight is 281 g/mol. The maximum absolute atomic E-state index is 3.68. The van der Waals surface area contributed by atoms with Crippen molar-refractivity contribution in [3.63, 3.8) is 0 Å². The van der Waals surface area contributed by atoms with E-state index in [-0.39, 0.29) is 5.54 Å². The third-order valence-electron chi connectivity index (χ3n) is 4.64. The van der Waals surface area contributed by atoms with Crippen LogP contribution in [0.2, 0.25) is 0 Å². The van der Waals surface area contributed by atoms with Crippen molar-refractivity contribution in [2.24, 2.45) is 5.41 Å². The summed E-state index contributed by atoms with van der Waals surface area (Å²) in [6, 6.07) is 0.837. The molecule has 1 N–H and O–H groups in total. The van der Waals surface area contributed by atoms with E-state index >= 15 is 0 Å². The molecule has 20 heavy (non-hydrogen) atoms. The summed E-state index contributed by atoms with van der Waals surface area (Å²) in [6.07, 6.45) is 4.17. The summed E-state index contributed by atoms with van der Waals surface area (Å²) in [5.41, 5.74) is 0.569. The van der Waals surface area contributed by atoms with Crippen molar-refractivity contribution in [1.82, 2.24) is 15.1 Å². The molecule has 2 rings (SSSR count). The molecule has 0 bridgehead atoms. The van der Waals surface area contributed by atoms with Crippen LogP contribution in [0.25, 0.3) is 0 Å². The van der Waals surface area contributed by atoms with Crippen LogP contribution >= 0.6 is 0 Å². The van der Waals surface area contributed by atoms with Gasteiger partial charge >= 0.3 is 0 Å². The number of nitrogens with one attached hydrogen (secondary N) is 1. The van der Waals surface area contributed by atoms with E-state index in [1.54, 1.807) is 0 Å². The zero-order chi connectivity index (χ0) is 14.8. The molecule has 0 aliphatic carbocycles. The Labute approximate surface area is 126 Å². The fourth-order valence-corrected chi connectivity index (χ4v) is 3.59. The lowest BCUT2D eigenvalue weighted by atomic mass is 9.91. The summed E-state index contributed by atoms with van der Waals surface area (Å²) in [5, 5.41) is 3.68. The molecule has 0 spiro atoms. The third-order valence-corrected chi connectivity index (χ3v) is 4.64. The standard InChI is InChI=1S/C17H35N3/c1-16(2,3)18-13-17(4,5)14-19-9-7-11-20-10-6-8-15(20)12-19/h15,18H,6-14H2,1-5H3. The Morgan fingerprint density at radius 2 is 1.70 bits per heavy atom. The van der Waals surface area contributed by atoms with E-state index in [2.05, 4.69) is 49.7 Å². The normalized spacial score (nSPS) is 26.6. The molecule has 0 amide bonds. The first-order valence-electron chi connectivity index (χ1n) is 8.47. The topological polar surface area (TPSA) is 18.5 Å². The molecule has 1 atom stereocenters. The van der Waals surface area contributed by atoms with E-state index in [0.717, 1.165) is 12.6 Å². The fraction of sp³-hybridized carbons (Fsp3) is 1.00. The van der Waals surface area contributed by atoms with E-state index in [0.29, 0.717) is 5.41 Å². The minimum absolute atomic E-state index is 0.221. The zero-order valence-corrected chi connectivity index (χ0v) is 14.3. The van der Waals surface area contributed by atoms with Gasteiger partial charge in [0.25, 0.3) is 0 Å². The van der Waals surface area contributed by atoms with Gasteiger partial charge < -0.3 is 10.2 Å². The zero-order valence-electron chi connectivity index (χ0n) is 14.3. The maximum atomic E-state index is 3.68. The van der Waals surface area contributed by atoms with Crippen LogP contribution in [-0.4, -0.2) is 60.6 Å². The first kappa shape index (κ1) is 16.3. The van der Waals surface area contributed by atoms with Crippen molar-refractivity contribution in [3.8, 4) is 0 Å². The first-order valence-corrected chi connectivity index (χ1v) is 8.47. The van der Waals surface area contributed by atoms with Gasteiger partial charge in [-0.3, -0.25) is 4.90 Å². The van der Waals surface area contributed by atoms with Gasteiger partial charge in [0.15, 0.2) is 0 Å². The minimum Gasteiger partial charge on any atom is -0.311 e. The van der Waals surface area contributed by atoms with Gasteiger partial charge in [-0.05, 0) is 65.1 Å². The van der Waals surface area contributed by atoms with Crippen molar-refractivity contribution in [3.05, 3.63) is 0 Å². The van der Waals surface area contributed by atoms with Crippen LogP contribution in [0, 0.1) is 5.41 Å². The molecule has 0 aromatic carbocycles. The highest BCUT2D eigenvalue weighted by Crippen LogP contribution is 2.24. The van der Waals surface area contributed by atoms with Crippen molar-refractivity contribution in [1.29, 1.82) is 0 Å². The molecule has 2 aliphatic rings. The summed E-state index contributed by atoms with van der Waals surface area (Å²) in [5.74, 6) is 0. The quantitative estimate of drug-likeness (QED) is 0.854. The third kappa shape index (κ3) is 5.01. The van der Waals surface area contributed by atoms with Crippen LogP contribution in [0.15, 0.2) is 0 Å². The Bertz CT molecular complexity index is 306. The van der Waals surface area contributed by atoms with E-state index in [9.17, 15) is 0 Å². The fourth-order valence-electron chi connectivity index (χ4n) is 3.59. The number of hydrogen-bond acceptors (Lipinski definition) is 3. The molecule has 0 aromatic heterocycles. The predicted octanol–water partition coefficient (Wildman–Crippen LogP) is 2.57. The molecule has 2 aliphatic heterocycles. The van der Waals surface area contributed by atoms with Crippen LogP contribution in [0.3, 0.4) is 0 Å². The molecule has 0 aromatic rings. The second kappa shape index (κ2) is 6.33. The second-order valence-corrected chi connectivity index (χ2v) is 8.69. The first-order chi connectivity index (χ1) is 9.25. The highest BCUT2D eigenvalue weighted by molar-refractivity contribution is 4.88. The largest absolute Gasteiger partial charge is 0.311 e.